The Balaban J connectivity index is 0.00000227. The second kappa shape index (κ2) is 22.3. The van der Waals surface area contributed by atoms with Crippen LogP contribution in [-0.2, 0) is 35.2 Å². The van der Waals surface area contributed by atoms with Crippen molar-refractivity contribution in [2.45, 2.75) is 78.8 Å². The summed E-state index contributed by atoms with van der Waals surface area (Å²) >= 11 is 0. The molecule has 0 radical (unpaired) electrons. The van der Waals surface area contributed by atoms with Gasteiger partial charge < -0.3 is 41.6 Å². The minimum Gasteiger partial charge on any atom is -0.370 e. The van der Waals surface area contributed by atoms with Gasteiger partial charge in [0.1, 0.15) is 12.8 Å². The first-order chi connectivity index (χ1) is 23.4. The average molecular weight is 682 g/mol. The fraction of sp³-hybridized carbons (Fsp3) is 0.457. The number of hydrogen-bond donors (Lipinski definition) is 5. The molecule has 3 rings (SSSR count). The molecule has 1 fully saturated rings. The predicted octanol–water partition coefficient (Wildman–Crippen LogP) is 2.75. The number of aryl methyl sites for hydroxylation is 1. The Hall–Kier alpha value is -5.27. The van der Waals surface area contributed by atoms with Crippen LogP contribution in [0, 0.1) is 6.92 Å². The minimum atomic E-state index is -1.24. The van der Waals surface area contributed by atoms with Crippen molar-refractivity contribution in [3.05, 3.63) is 59.7 Å². The van der Waals surface area contributed by atoms with Gasteiger partial charge >= 0.3 is 6.03 Å². The van der Waals surface area contributed by atoms with E-state index in [4.69, 9.17) is 10.5 Å². The first kappa shape index (κ1) is 41.8. The standard InChI is InChI=1S/C31H41N7O6.C3H8.CH2O/c1-20(2)38(25(17-26(32)39)30(43)34-18-28(41)37-14-6-7-15-37)29(42)19-33-27(40)16-22-10-12-23(13-11-22)35-31(44)36-24-9-5-4-8-21(24)3;1-3-2;1-2/h4-5,8-13,20,25H,6-7,14-19H2,1-3H3,(H2,32,39)(H,33,40)(H,34,43)(H2,35,36,44);3H2,1-2H3;1H2. The smallest absolute Gasteiger partial charge is 0.323 e. The van der Waals surface area contributed by atoms with Gasteiger partial charge in [-0.2, -0.15) is 0 Å². The number of nitrogens with zero attached hydrogens (tertiary/aromatic N) is 2. The molecule has 1 saturated heterocycles. The lowest BCUT2D eigenvalue weighted by molar-refractivity contribution is -0.144. The molecular formula is C35H51N7O7. The fourth-order valence-electron chi connectivity index (χ4n) is 4.91. The highest BCUT2D eigenvalue weighted by atomic mass is 16.2. The molecule has 14 heteroatoms. The van der Waals surface area contributed by atoms with Crippen LogP contribution in [0.2, 0.25) is 0 Å². The van der Waals surface area contributed by atoms with Gasteiger partial charge in [0.15, 0.2) is 0 Å². The van der Waals surface area contributed by atoms with E-state index in [1.807, 2.05) is 31.9 Å². The summed E-state index contributed by atoms with van der Waals surface area (Å²) in [6, 6.07) is 11.9. The number of carbonyl (C=O) groups is 7. The number of anilines is 2. The van der Waals surface area contributed by atoms with Crippen molar-refractivity contribution in [1.82, 2.24) is 20.4 Å². The number of hydrogen-bond acceptors (Lipinski definition) is 7. The zero-order valence-electron chi connectivity index (χ0n) is 29.2. The highest BCUT2D eigenvalue weighted by Crippen LogP contribution is 2.16. The Bertz CT molecular complexity index is 1390. The topological polar surface area (TPSA) is 200 Å². The first-order valence-electron chi connectivity index (χ1n) is 16.3. The van der Waals surface area contributed by atoms with Crippen LogP contribution in [0.25, 0.3) is 0 Å². The van der Waals surface area contributed by atoms with Crippen molar-refractivity contribution in [1.29, 1.82) is 0 Å². The highest BCUT2D eigenvalue weighted by Gasteiger charge is 2.33. The van der Waals surface area contributed by atoms with Gasteiger partial charge in [0.2, 0.25) is 29.5 Å². The van der Waals surface area contributed by atoms with Crippen molar-refractivity contribution < 1.29 is 33.6 Å². The van der Waals surface area contributed by atoms with Gasteiger partial charge in [0.05, 0.1) is 25.9 Å². The van der Waals surface area contributed by atoms with E-state index in [1.165, 1.54) is 11.3 Å². The summed E-state index contributed by atoms with van der Waals surface area (Å²) in [5.41, 5.74) is 8.18. The van der Waals surface area contributed by atoms with E-state index in [0.29, 0.717) is 30.0 Å². The fourth-order valence-corrected chi connectivity index (χ4v) is 4.91. The molecule has 49 heavy (non-hydrogen) atoms. The maximum Gasteiger partial charge on any atom is 0.323 e. The second-order valence-corrected chi connectivity index (χ2v) is 11.6. The lowest BCUT2D eigenvalue weighted by Crippen LogP contribution is -2.56. The number of para-hydroxylation sites is 1. The average Bonchev–Trinajstić information content (AvgIpc) is 3.61. The van der Waals surface area contributed by atoms with Crippen molar-refractivity contribution in [3.8, 4) is 0 Å². The van der Waals surface area contributed by atoms with Crippen LogP contribution in [0.5, 0.6) is 0 Å². The summed E-state index contributed by atoms with van der Waals surface area (Å²) in [5, 5.41) is 10.6. The van der Waals surface area contributed by atoms with Crippen LogP contribution < -0.4 is 27.0 Å². The molecule has 0 saturated carbocycles. The van der Waals surface area contributed by atoms with Crippen LogP contribution in [0.15, 0.2) is 48.5 Å². The van der Waals surface area contributed by atoms with Gasteiger partial charge in [0.25, 0.3) is 0 Å². The van der Waals surface area contributed by atoms with Gasteiger partial charge in [-0.25, -0.2) is 4.79 Å². The van der Waals surface area contributed by atoms with Gasteiger partial charge in [-0.15, -0.1) is 0 Å². The van der Waals surface area contributed by atoms with Crippen LogP contribution in [0.3, 0.4) is 0 Å². The van der Waals surface area contributed by atoms with Gasteiger partial charge in [-0.1, -0.05) is 50.6 Å². The molecule has 2 aromatic carbocycles. The number of amides is 7. The Morgan fingerprint density at radius 2 is 1.47 bits per heavy atom. The lowest BCUT2D eigenvalue weighted by Gasteiger charge is -2.34. The molecule has 1 aliphatic rings. The van der Waals surface area contributed by atoms with Gasteiger partial charge in [0, 0.05) is 30.5 Å². The summed E-state index contributed by atoms with van der Waals surface area (Å²) in [6.45, 7) is 12.1. The molecule has 0 bridgehead atoms. The molecule has 1 aliphatic heterocycles. The monoisotopic (exact) mass is 681 g/mol. The number of benzene rings is 2. The van der Waals surface area contributed by atoms with Crippen molar-refractivity contribution in [3.63, 3.8) is 0 Å². The summed E-state index contributed by atoms with van der Waals surface area (Å²) in [6.07, 6.45) is 2.59. The number of nitrogens with one attached hydrogen (secondary N) is 4. The van der Waals surface area contributed by atoms with Crippen molar-refractivity contribution in [2.75, 3.05) is 36.8 Å². The van der Waals surface area contributed by atoms with Gasteiger partial charge in [-0.05, 0) is 62.9 Å². The van der Waals surface area contributed by atoms with E-state index >= 15 is 0 Å². The largest absolute Gasteiger partial charge is 0.370 e. The highest BCUT2D eigenvalue weighted by molar-refractivity contribution is 6.00. The van der Waals surface area contributed by atoms with E-state index in [1.54, 1.807) is 49.1 Å². The molecule has 1 heterocycles. The maximum absolute atomic E-state index is 13.2. The van der Waals surface area contributed by atoms with E-state index in [-0.39, 0.29) is 18.9 Å². The number of carbonyl (C=O) groups excluding carboxylic acids is 7. The van der Waals surface area contributed by atoms with E-state index in [0.717, 1.165) is 18.4 Å². The normalized spacial score (nSPS) is 12.2. The van der Waals surface area contributed by atoms with Crippen LogP contribution in [0.4, 0.5) is 16.2 Å². The Kier molecular flexibility index (Phi) is 19.0. The predicted molar refractivity (Wildman–Crippen MR) is 188 cm³/mol. The zero-order valence-corrected chi connectivity index (χ0v) is 29.2. The van der Waals surface area contributed by atoms with E-state index in [2.05, 4.69) is 35.1 Å². The molecule has 14 nitrogen and oxygen atoms in total. The second-order valence-electron chi connectivity index (χ2n) is 11.6. The molecule has 0 spiro atoms. The number of nitrogens with two attached hydrogens (primary N) is 1. The summed E-state index contributed by atoms with van der Waals surface area (Å²) in [5.74, 6) is -2.72. The third-order valence-corrected chi connectivity index (χ3v) is 7.16. The van der Waals surface area contributed by atoms with Crippen LogP contribution in [0.1, 0.15) is 64.5 Å². The molecule has 268 valence electrons. The SMILES string of the molecule is C=O.CCC.Cc1ccccc1NC(=O)Nc1ccc(CC(=O)NCC(=O)N(C(C)C)C(CC(N)=O)C(=O)NCC(=O)N2CCCC2)cc1. The molecule has 2 aromatic rings. The molecular weight excluding hydrogens is 630 g/mol. The first-order valence-corrected chi connectivity index (χ1v) is 16.3. The number of rotatable bonds is 13. The Labute approximate surface area is 288 Å². The number of likely N-dealkylation sites (tertiary alicyclic amines) is 1. The Morgan fingerprint density at radius 3 is 2.02 bits per heavy atom. The number of urea groups is 1. The Morgan fingerprint density at radius 1 is 0.878 bits per heavy atom. The quantitative estimate of drug-likeness (QED) is 0.214. The summed E-state index contributed by atoms with van der Waals surface area (Å²) in [4.78, 5) is 86.2. The minimum absolute atomic E-state index is 0.0333. The van der Waals surface area contributed by atoms with Crippen LogP contribution >= 0.6 is 0 Å². The molecule has 6 N–H and O–H groups in total. The molecule has 1 unspecified atom stereocenters. The maximum atomic E-state index is 13.2. The van der Waals surface area contributed by atoms with E-state index < -0.39 is 54.7 Å². The summed E-state index contributed by atoms with van der Waals surface area (Å²) in [7, 11) is 0. The third kappa shape index (κ3) is 15.0. The van der Waals surface area contributed by atoms with Crippen LogP contribution in [-0.4, -0.2) is 90.4 Å². The number of primary amides is 1. The summed E-state index contributed by atoms with van der Waals surface area (Å²) < 4.78 is 0. The van der Waals surface area contributed by atoms with E-state index in [9.17, 15) is 28.8 Å². The molecule has 0 aromatic heterocycles. The third-order valence-electron chi connectivity index (χ3n) is 7.16. The lowest BCUT2D eigenvalue weighted by atomic mass is 10.1. The van der Waals surface area contributed by atoms with Gasteiger partial charge in [-0.3, -0.25) is 24.0 Å². The molecule has 7 amide bonds. The van der Waals surface area contributed by atoms with Crippen molar-refractivity contribution in [2.24, 2.45) is 5.73 Å². The van der Waals surface area contributed by atoms with Crippen molar-refractivity contribution >= 4 is 53.7 Å². The molecule has 1 atom stereocenters. The molecule has 0 aliphatic carbocycles. The zero-order chi connectivity index (χ0) is 36.9.